The summed E-state index contributed by atoms with van der Waals surface area (Å²) >= 11 is 5.41. The van der Waals surface area contributed by atoms with Crippen molar-refractivity contribution >= 4 is 50.1 Å². The van der Waals surface area contributed by atoms with Crippen molar-refractivity contribution in [3.8, 4) is 5.75 Å². The van der Waals surface area contributed by atoms with Crippen LogP contribution < -0.4 is 4.74 Å². The third-order valence-corrected chi connectivity index (χ3v) is 4.95. The highest BCUT2D eigenvalue weighted by Crippen LogP contribution is 2.35. The summed E-state index contributed by atoms with van der Waals surface area (Å²) < 4.78 is 31.5. The zero-order valence-corrected chi connectivity index (χ0v) is 15.9. The Morgan fingerprint density at radius 1 is 1.52 bits per heavy atom. The Bertz CT molecular complexity index is 637. The second-order valence-electron chi connectivity index (χ2n) is 4.87. The van der Waals surface area contributed by atoms with Gasteiger partial charge in [-0.25, -0.2) is 8.78 Å². The Kier molecular flexibility index (Phi) is 6.58. The number of ether oxygens (including phenoxy) is 1. The minimum atomic E-state index is -2.59. The predicted octanol–water partition coefficient (Wildman–Crippen LogP) is 4.66. The van der Waals surface area contributed by atoms with Gasteiger partial charge in [-0.1, -0.05) is 41.3 Å². The van der Waals surface area contributed by atoms with E-state index < -0.39 is 13.0 Å². The van der Waals surface area contributed by atoms with Gasteiger partial charge >= 0.3 is 0 Å². The summed E-state index contributed by atoms with van der Waals surface area (Å²) in [5, 5.41) is 0. The van der Waals surface area contributed by atoms with Crippen LogP contribution in [0.3, 0.4) is 0 Å². The van der Waals surface area contributed by atoms with Crippen molar-refractivity contribution in [3.63, 3.8) is 0 Å². The topological polar surface area (TPSA) is 29.5 Å². The number of alkyl halides is 3. The van der Waals surface area contributed by atoms with Crippen LogP contribution in [-0.2, 0) is 4.79 Å². The second kappa shape index (κ2) is 8.23. The van der Waals surface area contributed by atoms with Crippen LogP contribution in [0.5, 0.6) is 5.75 Å². The van der Waals surface area contributed by atoms with Crippen LogP contribution in [0.25, 0.3) is 5.70 Å². The molecule has 23 heavy (non-hydrogen) atoms. The molecule has 1 aromatic carbocycles. The number of carbonyl (C=O) groups is 1. The molecule has 1 aliphatic rings. The van der Waals surface area contributed by atoms with Crippen molar-refractivity contribution in [3.05, 3.63) is 47.0 Å². The molecule has 0 aromatic heterocycles. The van der Waals surface area contributed by atoms with Crippen molar-refractivity contribution in [2.45, 2.75) is 16.8 Å². The zero-order valence-electron chi connectivity index (χ0n) is 12.1. The molecule has 0 saturated carbocycles. The number of allylic oxidation sites excluding steroid dienone is 1. The Labute approximate surface area is 155 Å². The highest BCUT2D eigenvalue weighted by Gasteiger charge is 2.31. The monoisotopic (exact) mass is 497 g/mol. The molecule has 1 unspecified atom stereocenters. The normalized spacial score (nSPS) is 18.1. The number of amides is 1. The lowest BCUT2D eigenvalue weighted by atomic mass is 10.0. The standard InChI is InChI=1S/C16H15BrF2INO2/c1-2-7-23-10-3-4-11(12(17)8-10)14-6-5-13(20)16(22)21(14)9-15(18)19/h2-4,6,8,13,15H,1,5,7,9H2. The quantitative estimate of drug-likeness (QED) is 0.325. The van der Waals surface area contributed by atoms with E-state index in [1.807, 2.05) is 28.7 Å². The van der Waals surface area contributed by atoms with E-state index in [0.717, 1.165) is 4.90 Å². The van der Waals surface area contributed by atoms with E-state index in [2.05, 4.69) is 22.5 Å². The number of nitrogens with zero attached hydrogens (tertiary/aromatic N) is 1. The fourth-order valence-corrected chi connectivity index (χ4v) is 3.40. The SMILES string of the molecule is C=CCOc1ccc(C2=CCC(I)C(=O)N2CC(F)F)c(Br)c1. The van der Waals surface area contributed by atoms with Gasteiger partial charge in [-0.15, -0.1) is 0 Å². The fourth-order valence-electron chi connectivity index (χ4n) is 2.24. The van der Waals surface area contributed by atoms with Crippen molar-refractivity contribution in [1.82, 2.24) is 4.90 Å². The molecule has 0 spiro atoms. The smallest absolute Gasteiger partial charge is 0.256 e. The molecule has 124 valence electrons. The molecule has 1 atom stereocenters. The van der Waals surface area contributed by atoms with Gasteiger partial charge in [0.25, 0.3) is 6.43 Å². The first-order chi connectivity index (χ1) is 10.9. The summed E-state index contributed by atoms with van der Waals surface area (Å²) in [7, 11) is 0. The van der Waals surface area contributed by atoms with Crippen LogP contribution in [0, 0.1) is 0 Å². The lowest BCUT2D eigenvalue weighted by molar-refractivity contribution is -0.128. The van der Waals surface area contributed by atoms with Crippen LogP contribution in [0.15, 0.2) is 41.4 Å². The van der Waals surface area contributed by atoms with Crippen molar-refractivity contribution in [2.75, 3.05) is 13.2 Å². The van der Waals surface area contributed by atoms with E-state index in [-0.39, 0.29) is 9.83 Å². The van der Waals surface area contributed by atoms with Crippen molar-refractivity contribution in [1.29, 1.82) is 0 Å². The third-order valence-electron chi connectivity index (χ3n) is 3.25. The Morgan fingerprint density at radius 3 is 2.87 bits per heavy atom. The summed E-state index contributed by atoms with van der Waals surface area (Å²) in [6, 6.07) is 5.25. The Hall–Kier alpha value is -0.960. The first-order valence-corrected chi connectivity index (χ1v) is 8.95. The maximum Gasteiger partial charge on any atom is 0.256 e. The first kappa shape index (κ1) is 18.4. The molecular weight excluding hydrogens is 483 g/mol. The highest BCUT2D eigenvalue weighted by atomic mass is 127. The van der Waals surface area contributed by atoms with Gasteiger partial charge < -0.3 is 9.64 Å². The van der Waals surface area contributed by atoms with E-state index >= 15 is 0 Å². The van der Waals surface area contributed by atoms with Gasteiger partial charge in [0.2, 0.25) is 5.91 Å². The van der Waals surface area contributed by atoms with Gasteiger partial charge in [-0.05, 0) is 40.5 Å². The van der Waals surface area contributed by atoms with Crippen molar-refractivity contribution < 1.29 is 18.3 Å². The van der Waals surface area contributed by atoms with Crippen LogP contribution in [-0.4, -0.2) is 34.3 Å². The maximum atomic E-state index is 12.8. The van der Waals surface area contributed by atoms with Gasteiger partial charge in [0.15, 0.2) is 0 Å². The highest BCUT2D eigenvalue weighted by molar-refractivity contribution is 14.1. The molecule has 0 N–H and O–H groups in total. The van der Waals surface area contributed by atoms with Crippen LogP contribution in [0.4, 0.5) is 8.78 Å². The summed E-state index contributed by atoms with van der Waals surface area (Å²) in [4.78, 5) is 13.4. The summed E-state index contributed by atoms with van der Waals surface area (Å²) in [6.45, 7) is 3.35. The van der Waals surface area contributed by atoms with Gasteiger partial charge in [-0.2, -0.15) is 0 Å². The molecule has 0 bridgehead atoms. The molecule has 0 radical (unpaired) electrons. The first-order valence-electron chi connectivity index (χ1n) is 6.91. The fraction of sp³-hybridized carbons (Fsp3) is 0.312. The average Bonchev–Trinajstić information content (AvgIpc) is 2.50. The molecule has 1 heterocycles. The van der Waals surface area contributed by atoms with Gasteiger partial charge in [0, 0.05) is 15.7 Å². The molecule has 7 heteroatoms. The molecule has 1 aromatic rings. The summed E-state index contributed by atoms with van der Waals surface area (Å²) in [5.74, 6) is 0.345. The molecule has 0 saturated heterocycles. The van der Waals surface area contributed by atoms with Gasteiger partial charge in [-0.3, -0.25) is 4.79 Å². The number of carbonyl (C=O) groups excluding carboxylic acids is 1. The van der Waals surface area contributed by atoms with E-state index in [0.29, 0.717) is 34.5 Å². The number of rotatable bonds is 6. The average molecular weight is 498 g/mol. The molecular formula is C16H15BrF2INO2. The number of halogens is 4. The van der Waals surface area contributed by atoms with Crippen LogP contribution >= 0.6 is 38.5 Å². The zero-order chi connectivity index (χ0) is 17.0. The molecule has 1 amide bonds. The lowest BCUT2D eigenvalue weighted by Gasteiger charge is -2.31. The number of hydrogen-bond donors (Lipinski definition) is 0. The third kappa shape index (κ3) is 4.53. The van der Waals surface area contributed by atoms with E-state index in [1.165, 1.54) is 0 Å². The Balaban J connectivity index is 2.34. The molecule has 3 nitrogen and oxygen atoms in total. The maximum absolute atomic E-state index is 12.8. The number of hydrogen-bond acceptors (Lipinski definition) is 2. The lowest BCUT2D eigenvalue weighted by Crippen LogP contribution is -2.40. The van der Waals surface area contributed by atoms with E-state index in [1.54, 1.807) is 24.3 Å². The van der Waals surface area contributed by atoms with Gasteiger partial charge in [0.1, 0.15) is 12.4 Å². The van der Waals surface area contributed by atoms with Gasteiger partial charge in [0.05, 0.1) is 10.5 Å². The minimum absolute atomic E-state index is 0.290. The molecule has 0 aliphatic carbocycles. The van der Waals surface area contributed by atoms with Crippen LogP contribution in [0.1, 0.15) is 12.0 Å². The largest absolute Gasteiger partial charge is 0.490 e. The molecule has 1 aliphatic heterocycles. The predicted molar refractivity (Wildman–Crippen MR) is 98.0 cm³/mol. The Morgan fingerprint density at radius 2 is 2.26 bits per heavy atom. The summed E-state index contributed by atoms with van der Waals surface area (Å²) in [6.07, 6.45) is 1.40. The van der Waals surface area contributed by atoms with Crippen LogP contribution in [0.2, 0.25) is 0 Å². The second-order valence-corrected chi connectivity index (χ2v) is 7.23. The molecule has 0 fully saturated rings. The summed E-state index contributed by atoms with van der Waals surface area (Å²) in [5.41, 5.74) is 1.19. The van der Waals surface area contributed by atoms with E-state index in [9.17, 15) is 13.6 Å². The molecule has 2 rings (SSSR count). The van der Waals surface area contributed by atoms with Crippen molar-refractivity contribution in [2.24, 2.45) is 0 Å². The number of benzene rings is 1. The van der Waals surface area contributed by atoms with E-state index in [4.69, 9.17) is 4.74 Å². The minimum Gasteiger partial charge on any atom is -0.490 e.